The second-order valence-electron chi connectivity index (χ2n) is 4.13. The van der Waals surface area contributed by atoms with Gasteiger partial charge in [0.1, 0.15) is 6.54 Å². The molecule has 2 N–H and O–H groups in total. The molecule has 0 saturated heterocycles. The molecule has 1 rings (SSSR count). The summed E-state index contributed by atoms with van der Waals surface area (Å²) in [4.78, 5) is 23.0. The predicted octanol–water partition coefficient (Wildman–Crippen LogP) is 0.577. The van der Waals surface area contributed by atoms with Crippen molar-refractivity contribution in [2.24, 2.45) is 0 Å². The molecule has 1 atom stereocenters. The zero-order valence-corrected chi connectivity index (χ0v) is 11.6. The van der Waals surface area contributed by atoms with Gasteiger partial charge in [-0.15, -0.1) is 0 Å². The van der Waals surface area contributed by atoms with Crippen molar-refractivity contribution < 1.29 is 19.1 Å². The van der Waals surface area contributed by atoms with Crippen molar-refractivity contribution in [3.8, 4) is 0 Å². The minimum atomic E-state index is -0.929. The van der Waals surface area contributed by atoms with E-state index in [0.717, 1.165) is 0 Å². The molecule has 0 fully saturated rings. The molecule has 106 valence electrons. The number of nitrogens with zero attached hydrogens (tertiary/aromatic N) is 2. The summed E-state index contributed by atoms with van der Waals surface area (Å²) in [6, 6.07) is 0. The molecule has 7 heteroatoms. The van der Waals surface area contributed by atoms with E-state index in [1.54, 1.807) is 20.8 Å². The molecule has 0 amide bonds. The van der Waals surface area contributed by atoms with Crippen LogP contribution in [0, 0.1) is 13.8 Å². The van der Waals surface area contributed by atoms with Crippen LogP contribution in [-0.4, -0.2) is 34.4 Å². The number of hydrogen-bond acceptors (Lipinski definition) is 6. The van der Waals surface area contributed by atoms with Gasteiger partial charge in [-0.05, 0) is 27.7 Å². The van der Waals surface area contributed by atoms with Crippen LogP contribution in [-0.2, 0) is 25.6 Å². The minimum absolute atomic E-state index is 0.0897. The SMILES string of the molecule is CCOC(=O)C(C)OC(=O)Cn1nc(C)c(N)c1C. The number of anilines is 1. The van der Waals surface area contributed by atoms with Gasteiger partial charge in [-0.3, -0.25) is 9.48 Å². The van der Waals surface area contributed by atoms with Crippen molar-refractivity contribution in [1.29, 1.82) is 0 Å². The van der Waals surface area contributed by atoms with E-state index in [1.807, 2.05) is 0 Å². The molecule has 1 unspecified atom stereocenters. The second-order valence-corrected chi connectivity index (χ2v) is 4.13. The van der Waals surface area contributed by atoms with Gasteiger partial charge in [0.25, 0.3) is 0 Å². The van der Waals surface area contributed by atoms with E-state index < -0.39 is 18.0 Å². The maximum absolute atomic E-state index is 11.7. The van der Waals surface area contributed by atoms with E-state index >= 15 is 0 Å². The van der Waals surface area contributed by atoms with Crippen LogP contribution in [0.3, 0.4) is 0 Å². The van der Waals surface area contributed by atoms with Crippen LogP contribution < -0.4 is 5.73 Å². The van der Waals surface area contributed by atoms with Gasteiger partial charge in [-0.1, -0.05) is 0 Å². The van der Waals surface area contributed by atoms with Crippen LogP contribution >= 0.6 is 0 Å². The van der Waals surface area contributed by atoms with Crippen molar-refractivity contribution in [3.05, 3.63) is 11.4 Å². The Balaban J connectivity index is 2.60. The molecule has 0 spiro atoms. The number of rotatable bonds is 5. The van der Waals surface area contributed by atoms with E-state index in [1.165, 1.54) is 11.6 Å². The molecule has 0 aliphatic heterocycles. The lowest BCUT2D eigenvalue weighted by atomic mass is 10.3. The van der Waals surface area contributed by atoms with Gasteiger partial charge >= 0.3 is 11.9 Å². The van der Waals surface area contributed by atoms with E-state index in [9.17, 15) is 9.59 Å². The number of carbonyl (C=O) groups is 2. The van der Waals surface area contributed by atoms with Crippen LogP contribution in [0.5, 0.6) is 0 Å². The third-order valence-electron chi connectivity index (χ3n) is 2.64. The van der Waals surface area contributed by atoms with E-state index in [2.05, 4.69) is 5.10 Å². The van der Waals surface area contributed by atoms with Gasteiger partial charge in [-0.2, -0.15) is 5.10 Å². The highest BCUT2D eigenvalue weighted by atomic mass is 16.6. The molecule has 0 radical (unpaired) electrons. The van der Waals surface area contributed by atoms with Crippen molar-refractivity contribution in [3.63, 3.8) is 0 Å². The Bertz CT molecular complexity index is 482. The highest BCUT2D eigenvalue weighted by Gasteiger charge is 2.20. The van der Waals surface area contributed by atoms with Gasteiger partial charge in [0.2, 0.25) is 0 Å². The number of nitrogens with two attached hydrogens (primary N) is 1. The van der Waals surface area contributed by atoms with Gasteiger partial charge in [-0.25, -0.2) is 4.79 Å². The van der Waals surface area contributed by atoms with Gasteiger partial charge < -0.3 is 15.2 Å². The molecule has 1 aromatic heterocycles. The van der Waals surface area contributed by atoms with Gasteiger partial charge in [0, 0.05) is 0 Å². The van der Waals surface area contributed by atoms with Crippen LogP contribution in [0.2, 0.25) is 0 Å². The van der Waals surface area contributed by atoms with E-state index in [4.69, 9.17) is 15.2 Å². The monoisotopic (exact) mass is 269 g/mol. The molecule has 0 saturated carbocycles. The number of nitrogen functional groups attached to an aromatic ring is 1. The minimum Gasteiger partial charge on any atom is -0.463 e. The normalized spacial score (nSPS) is 12.0. The molecule has 7 nitrogen and oxygen atoms in total. The smallest absolute Gasteiger partial charge is 0.347 e. The van der Waals surface area contributed by atoms with Crippen molar-refractivity contribution >= 4 is 17.6 Å². The summed E-state index contributed by atoms with van der Waals surface area (Å²) in [6.07, 6.45) is -0.929. The van der Waals surface area contributed by atoms with Gasteiger partial charge in [0.05, 0.1) is 23.7 Å². The number of carbonyl (C=O) groups excluding carboxylic acids is 2. The molecule has 0 aliphatic rings. The molecule has 0 bridgehead atoms. The van der Waals surface area contributed by atoms with Crippen molar-refractivity contribution in [2.75, 3.05) is 12.3 Å². The van der Waals surface area contributed by atoms with Crippen molar-refractivity contribution in [1.82, 2.24) is 9.78 Å². The Labute approximate surface area is 111 Å². The fraction of sp³-hybridized carbons (Fsp3) is 0.583. The highest BCUT2D eigenvalue weighted by molar-refractivity contribution is 5.79. The summed E-state index contributed by atoms with van der Waals surface area (Å²) >= 11 is 0. The lowest BCUT2D eigenvalue weighted by Crippen LogP contribution is -2.28. The first-order valence-electron chi connectivity index (χ1n) is 6.02. The number of ether oxygens (including phenoxy) is 2. The average molecular weight is 269 g/mol. The Kier molecular flexibility index (Phi) is 4.91. The van der Waals surface area contributed by atoms with Crippen LogP contribution in [0.15, 0.2) is 0 Å². The molecule has 0 aliphatic carbocycles. The lowest BCUT2D eigenvalue weighted by molar-refractivity contribution is -0.166. The molecule has 1 aromatic rings. The fourth-order valence-electron chi connectivity index (χ4n) is 1.53. The zero-order valence-electron chi connectivity index (χ0n) is 11.6. The maximum Gasteiger partial charge on any atom is 0.347 e. The average Bonchev–Trinajstić information content (AvgIpc) is 2.57. The van der Waals surface area contributed by atoms with Crippen LogP contribution in [0.4, 0.5) is 5.69 Å². The van der Waals surface area contributed by atoms with Crippen LogP contribution in [0.25, 0.3) is 0 Å². The topological polar surface area (TPSA) is 96.4 Å². The third-order valence-corrected chi connectivity index (χ3v) is 2.64. The van der Waals surface area contributed by atoms with E-state index in [-0.39, 0.29) is 13.2 Å². The molecule has 19 heavy (non-hydrogen) atoms. The second kappa shape index (κ2) is 6.21. The first kappa shape index (κ1) is 15.0. The molecule has 1 heterocycles. The highest BCUT2D eigenvalue weighted by Crippen LogP contribution is 2.14. The summed E-state index contributed by atoms with van der Waals surface area (Å²) < 4.78 is 11.2. The molecular formula is C12H19N3O4. The molecule has 0 aromatic carbocycles. The third kappa shape index (κ3) is 3.70. The number of aromatic nitrogens is 2. The fourth-order valence-corrected chi connectivity index (χ4v) is 1.53. The van der Waals surface area contributed by atoms with E-state index in [0.29, 0.717) is 17.1 Å². The predicted molar refractivity (Wildman–Crippen MR) is 68.3 cm³/mol. The summed E-state index contributed by atoms with van der Waals surface area (Å²) in [5, 5.41) is 4.11. The zero-order chi connectivity index (χ0) is 14.6. The Morgan fingerprint density at radius 2 is 2.05 bits per heavy atom. The molecular weight excluding hydrogens is 250 g/mol. The Hall–Kier alpha value is -2.05. The Morgan fingerprint density at radius 3 is 2.53 bits per heavy atom. The number of aryl methyl sites for hydroxylation is 1. The largest absolute Gasteiger partial charge is 0.463 e. The summed E-state index contributed by atoms with van der Waals surface area (Å²) in [5.74, 6) is -1.13. The maximum atomic E-state index is 11.7. The van der Waals surface area contributed by atoms with Crippen molar-refractivity contribution in [2.45, 2.75) is 40.3 Å². The van der Waals surface area contributed by atoms with Gasteiger partial charge in [0.15, 0.2) is 6.10 Å². The first-order valence-corrected chi connectivity index (χ1v) is 6.02. The quantitative estimate of drug-likeness (QED) is 0.785. The summed E-state index contributed by atoms with van der Waals surface area (Å²) in [6.45, 7) is 6.82. The summed E-state index contributed by atoms with van der Waals surface area (Å²) in [7, 11) is 0. The lowest BCUT2D eigenvalue weighted by Gasteiger charge is -2.12. The number of esters is 2. The number of hydrogen-bond donors (Lipinski definition) is 1. The van der Waals surface area contributed by atoms with Crippen LogP contribution in [0.1, 0.15) is 25.2 Å². The Morgan fingerprint density at radius 1 is 1.42 bits per heavy atom. The first-order chi connectivity index (χ1) is 8.86. The standard InChI is InChI=1S/C12H19N3O4/c1-5-18-12(17)9(4)19-10(16)6-15-8(3)11(13)7(2)14-15/h9H,5-6,13H2,1-4H3. The summed E-state index contributed by atoms with van der Waals surface area (Å²) in [5.41, 5.74) is 7.65.